The van der Waals surface area contributed by atoms with Crippen LogP contribution in [0.2, 0.25) is 0 Å². The summed E-state index contributed by atoms with van der Waals surface area (Å²) in [5, 5.41) is 0. The molecule has 2 N–H and O–H groups in total. The van der Waals surface area contributed by atoms with Gasteiger partial charge in [0.2, 0.25) is 0 Å². The first kappa shape index (κ1) is 14.3. The van der Waals surface area contributed by atoms with E-state index in [2.05, 4.69) is 18.7 Å². The van der Waals surface area contributed by atoms with E-state index in [4.69, 9.17) is 5.73 Å². The third-order valence-electron chi connectivity index (χ3n) is 5.32. The molecule has 0 spiro atoms. The van der Waals surface area contributed by atoms with Crippen LogP contribution in [0.25, 0.3) is 0 Å². The summed E-state index contributed by atoms with van der Waals surface area (Å²) >= 11 is 0. The first-order valence-electron chi connectivity index (χ1n) is 8.20. The molecule has 4 atom stereocenters. The average Bonchev–Trinajstić information content (AvgIpc) is 2.59. The average molecular weight is 252 g/mol. The van der Waals surface area contributed by atoms with Crippen molar-refractivity contribution in [3.05, 3.63) is 0 Å². The number of piperidine rings is 1. The molecule has 4 unspecified atom stereocenters. The highest BCUT2D eigenvalue weighted by Crippen LogP contribution is 2.30. The summed E-state index contributed by atoms with van der Waals surface area (Å²) in [5.74, 6) is 1.73. The molecule has 1 saturated heterocycles. The van der Waals surface area contributed by atoms with E-state index in [1.165, 1.54) is 57.9 Å². The first-order chi connectivity index (χ1) is 8.70. The molecule has 0 radical (unpaired) electrons. The van der Waals surface area contributed by atoms with E-state index in [0.29, 0.717) is 6.04 Å². The highest BCUT2D eigenvalue weighted by Gasteiger charge is 2.29. The molecule has 1 aliphatic heterocycles. The van der Waals surface area contributed by atoms with Crippen LogP contribution < -0.4 is 5.73 Å². The van der Waals surface area contributed by atoms with Gasteiger partial charge in [0.05, 0.1) is 0 Å². The quantitative estimate of drug-likeness (QED) is 0.780. The topological polar surface area (TPSA) is 29.3 Å². The maximum Gasteiger partial charge on any atom is 0.0194 e. The van der Waals surface area contributed by atoms with Crippen LogP contribution in [0.4, 0.5) is 0 Å². The van der Waals surface area contributed by atoms with Crippen LogP contribution in [0.1, 0.15) is 65.2 Å². The van der Waals surface area contributed by atoms with Crippen LogP contribution in [0.15, 0.2) is 0 Å². The second-order valence-corrected chi connectivity index (χ2v) is 6.74. The molecule has 0 bridgehead atoms. The van der Waals surface area contributed by atoms with E-state index in [1.807, 2.05) is 0 Å². The summed E-state index contributed by atoms with van der Waals surface area (Å²) in [6.45, 7) is 7.07. The number of hydrogen-bond donors (Lipinski definition) is 1. The first-order valence-corrected chi connectivity index (χ1v) is 8.20. The Labute approximate surface area is 113 Å². The zero-order valence-corrected chi connectivity index (χ0v) is 12.4. The second kappa shape index (κ2) is 6.91. The molecule has 0 aromatic heterocycles. The minimum absolute atomic E-state index is 0.411. The van der Waals surface area contributed by atoms with E-state index in [-0.39, 0.29) is 0 Å². The van der Waals surface area contributed by atoms with Gasteiger partial charge in [-0.05, 0) is 44.1 Å². The fraction of sp³-hybridized carbons (Fsp3) is 1.00. The Morgan fingerprint density at radius 3 is 2.67 bits per heavy atom. The Morgan fingerprint density at radius 1 is 1.11 bits per heavy atom. The summed E-state index contributed by atoms with van der Waals surface area (Å²) in [5.41, 5.74) is 6.25. The lowest BCUT2D eigenvalue weighted by Gasteiger charge is -2.39. The van der Waals surface area contributed by atoms with Gasteiger partial charge in [-0.3, -0.25) is 4.90 Å². The van der Waals surface area contributed by atoms with Crippen molar-refractivity contribution < 1.29 is 0 Å². The molecule has 0 amide bonds. The van der Waals surface area contributed by atoms with Crippen LogP contribution in [0, 0.1) is 11.8 Å². The molecular formula is C16H32N2. The Kier molecular flexibility index (Phi) is 5.50. The Balaban J connectivity index is 1.82. The highest BCUT2D eigenvalue weighted by atomic mass is 15.2. The summed E-state index contributed by atoms with van der Waals surface area (Å²) < 4.78 is 0. The van der Waals surface area contributed by atoms with Crippen molar-refractivity contribution in [3.8, 4) is 0 Å². The van der Waals surface area contributed by atoms with Crippen molar-refractivity contribution in [2.75, 3.05) is 13.1 Å². The Hall–Kier alpha value is -0.0800. The highest BCUT2D eigenvalue weighted by molar-refractivity contribution is 4.86. The summed E-state index contributed by atoms with van der Waals surface area (Å²) in [4.78, 5) is 2.71. The molecule has 0 aromatic rings. The number of nitrogens with zero attached hydrogens (tertiary/aromatic N) is 1. The van der Waals surface area contributed by atoms with E-state index < -0.39 is 0 Å². The molecule has 2 nitrogen and oxygen atoms in total. The molecule has 2 aliphatic rings. The zero-order valence-electron chi connectivity index (χ0n) is 12.4. The van der Waals surface area contributed by atoms with Gasteiger partial charge in [-0.25, -0.2) is 0 Å². The normalized spacial score (nSPS) is 39.5. The van der Waals surface area contributed by atoms with Gasteiger partial charge in [0.25, 0.3) is 0 Å². The molecule has 1 heterocycles. The molecule has 2 fully saturated rings. The molecular weight excluding hydrogens is 220 g/mol. The van der Waals surface area contributed by atoms with Crippen LogP contribution in [-0.4, -0.2) is 30.1 Å². The molecule has 1 saturated carbocycles. The number of rotatable bonds is 3. The molecule has 18 heavy (non-hydrogen) atoms. The van der Waals surface area contributed by atoms with Crippen LogP contribution in [0.5, 0.6) is 0 Å². The van der Waals surface area contributed by atoms with Gasteiger partial charge in [-0.15, -0.1) is 0 Å². The molecule has 0 aromatic carbocycles. The zero-order chi connectivity index (χ0) is 13.0. The minimum atomic E-state index is 0.411. The van der Waals surface area contributed by atoms with Crippen molar-refractivity contribution in [2.45, 2.75) is 77.3 Å². The van der Waals surface area contributed by atoms with Crippen molar-refractivity contribution in [2.24, 2.45) is 17.6 Å². The predicted molar refractivity (Wildman–Crippen MR) is 78.6 cm³/mol. The van der Waals surface area contributed by atoms with E-state index in [1.54, 1.807) is 0 Å². The van der Waals surface area contributed by atoms with E-state index >= 15 is 0 Å². The second-order valence-electron chi connectivity index (χ2n) is 6.74. The molecule has 1 aliphatic carbocycles. The lowest BCUT2D eigenvalue weighted by molar-refractivity contribution is 0.110. The lowest BCUT2D eigenvalue weighted by atomic mass is 9.91. The molecule has 106 valence electrons. The third kappa shape index (κ3) is 3.71. The summed E-state index contributed by atoms with van der Waals surface area (Å²) in [7, 11) is 0. The summed E-state index contributed by atoms with van der Waals surface area (Å²) in [6, 6.07) is 1.25. The number of nitrogens with two attached hydrogens (primary N) is 1. The fourth-order valence-corrected chi connectivity index (χ4v) is 3.88. The van der Waals surface area contributed by atoms with Gasteiger partial charge in [0, 0.05) is 18.6 Å². The van der Waals surface area contributed by atoms with Gasteiger partial charge < -0.3 is 5.73 Å². The predicted octanol–water partition coefficient (Wildman–Crippen LogP) is 3.40. The lowest BCUT2D eigenvalue weighted by Crippen LogP contribution is -2.51. The van der Waals surface area contributed by atoms with E-state index in [0.717, 1.165) is 24.4 Å². The standard InChI is InChI=1S/C16H32N2/c1-3-5-14-6-4-7-15(9-8-14)18-11-10-13(2)16(17)12-18/h13-16H,3-12,17H2,1-2H3. The van der Waals surface area contributed by atoms with Gasteiger partial charge in [-0.1, -0.05) is 39.5 Å². The van der Waals surface area contributed by atoms with E-state index in [9.17, 15) is 0 Å². The number of hydrogen-bond acceptors (Lipinski definition) is 2. The SMILES string of the molecule is CCCC1CCCC(N2CCC(C)C(N)C2)CC1. The third-order valence-corrected chi connectivity index (χ3v) is 5.32. The Bertz CT molecular complexity index is 241. The maximum atomic E-state index is 6.25. The van der Waals surface area contributed by atoms with Crippen molar-refractivity contribution in [3.63, 3.8) is 0 Å². The van der Waals surface area contributed by atoms with Gasteiger partial charge >= 0.3 is 0 Å². The smallest absolute Gasteiger partial charge is 0.0194 e. The van der Waals surface area contributed by atoms with Crippen molar-refractivity contribution >= 4 is 0 Å². The van der Waals surface area contributed by atoms with Gasteiger partial charge in [-0.2, -0.15) is 0 Å². The largest absolute Gasteiger partial charge is 0.326 e. The Morgan fingerprint density at radius 2 is 1.94 bits per heavy atom. The maximum absolute atomic E-state index is 6.25. The minimum Gasteiger partial charge on any atom is -0.326 e. The molecule has 2 rings (SSSR count). The van der Waals surface area contributed by atoms with Crippen molar-refractivity contribution in [1.82, 2.24) is 4.90 Å². The fourth-order valence-electron chi connectivity index (χ4n) is 3.88. The van der Waals surface area contributed by atoms with Crippen LogP contribution in [-0.2, 0) is 0 Å². The van der Waals surface area contributed by atoms with Gasteiger partial charge in [0.15, 0.2) is 0 Å². The summed E-state index contributed by atoms with van der Waals surface area (Å²) in [6.07, 6.45) is 11.3. The van der Waals surface area contributed by atoms with Crippen LogP contribution in [0.3, 0.4) is 0 Å². The molecule has 2 heteroatoms. The van der Waals surface area contributed by atoms with Crippen LogP contribution >= 0.6 is 0 Å². The van der Waals surface area contributed by atoms with Gasteiger partial charge in [0.1, 0.15) is 0 Å². The van der Waals surface area contributed by atoms with Crippen molar-refractivity contribution in [1.29, 1.82) is 0 Å². The number of likely N-dealkylation sites (tertiary alicyclic amines) is 1. The monoisotopic (exact) mass is 252 g/mol.